The third kappa shape index (κ3) is 3.58. The van der Waals surface area contributed by atoms with Gasteiger partial charge in [0, 0.05) is 6.20 Å². The van der Waals surface area contributed by atoms with E-state index in [-0.39, 0.29) is 17.7 Å². The summed E-state index contributed by atoms with van der Waals surface area (Å²) in [6, 6.07) is 4.91. The summed E-state index contributed by atoms with van der Waals surface area (Å²) >= 11 is 0. The Kier molecular flexibility index (Phi) is 4.53. The number of aromatic nitrogens is 1. The number of halogens is 4. The lowest BCUT2D eigenvalue weighted by atomic mass is 10.1. The van der Waals surface area contributed by atoms with Crippen molar-refractivity contribution in [2.45, 2.75) is 12.7 Å². The van der Waals surface area contributed by atoms with Crippen LogP contribution in [-0.4, -0.2) is 17.6 Å². The quantitative estimate of drug-likeness (QED) is 0.643. The highest BCUT2D eigenvalue weighted by Crippen LogP contribution is 2.26. The van der Waals surface area contributed by atoms with Crippen molar-refractivity contribution < 1.29 is 27.1 Å². The lowest BCUT2D eigenvalue weighted by Crippen LogP contribution is -2.28. The van der Waals surface area contributed by atoms with Gasteiger partial charge in [-0.1, -0.05) is 6.07 Å². The molecule has 2 aromatic rings. The highest BCUT2D eigenvalue weighted by molar-refractivity contribution is 5.91. The molecule has 0 amide bonds. The van der Waals surface area contributed by atoms with Gasteiger partial charge in [-0.25, -0.2) is 9.18 Å². The minimum absolute atomic E-state index is 0.156. The van der Waals surface area contributed by atoms with Gasteiger partial charge in [-0.2, -0.15) is 13.2 Å². The fourth-order valence-electron chi connectivity index (χ4n) is 2.05. The predicted molar refractivity (Wildman–Crippen MR) is 72.5 cm³/mol. The minimum atomic E-state index is -4.78. The Balaban J connectivity index is 2.49. The number of esters is 1. The number of carbonyl (C=O) groups is 1. The molecule has 2 rings (SSSR count). The number of nitrogens with zero attached hydrogens (tertiary/aromatic N) is 1. The van der Waals surface area contributed by atoms with Gasteiger partial charge >= 0.3 is 12.1 Å². The monoisotopic (exact) mass is 329 g/mol. The Hall–Kier alpha value is -2.64. The highest BCUT2D eigenvalue weighted by atomic mass is 19.4. The van der Waals surface area contributed by atoms with E-state index in [1.807, 2.05) is 0 Å². The molecule has 8 heteroatoms. The van der Waals surface area contributed by atoms with Crippen molar-refractivity contribution in [1.29, 1.82) is 0 Å². The molecule has 0 bridgehead atoms. The van der Waals surface area contributed by atoms with Crippen LogP contribution in [0.1, 0.15) is 21.5 Å². The van der Waals surface area contributed by atoms with E-state index in [4.69, 9.17) is 0 Å². The van der Waals surface area contributed by atoms with E-state index in [1.54, 1.807) is 0 Å². The maximum atomic E-state index is 13.3. The molecule has 0 atom stereocenters. The molecule has 0 saturated heterocycles. The van der Waals surface area contributed by atoms with Crippen molar-refractivity contribution >= 4 is 5.97 Å². The molecule has 0 radical (unpaired) electrons. The third-order valence-corrected chi connectivity index (χ3v) is 3.14. The van der Waals surface area contributed by atoms with Crippen molar-refractivity contribution in [3.8, 4) is 0 Å². The van der Waals surface area contributed by atoms with E-state index in [0.717, 1.165) is 36.1 Å². The van der Waals surface area contributed by atoms with Crippen LogP contribution in [0.5, 0.6) is 0 Å². The van der Waals surface area contributed by atoms with Crippen LogP contribution in [0.3, 0.4) is 0 Å². The smallest absolute Gasteiger partial charge is 0.421 e. The normalized spacial score (nSPS) is 11.3. The zero-order valence-electron chi connectivity index (χ0n) is 11.9. The van der Waals surface area contributed by atoms with E-state index in [2.05, 4.69) is 4.74 Å². The topological polar surface area (TPSA) is 48.3 Å². The Labute approximate surface area is 127 Å². The molecule has 0 N–H and O–H groups in total. The molecule has 1 aromatic carbocycles. The van der Waals surface area contributed by atoms with E-state index in [0.29, 0.717) is 6.07 Å². The average molecular weight is 329 g/mol. The summed E-state index contributed by atoms with van der Waals surface area (Å²) < 4.78 is 56.8. The van der Waals surface area contributed by atoms with Crippen molar-refractivity contribution in [3.05, 3.63) is 69.4 Å². The van der Waals surface area contributed by atoms with E-state index >= 15 is 0 Å². The number of hydrogen-bond acceptors (Lipinski definition) is 3. The van der Waals surface area contributed by atoms with Gasteiger partial charge in [0.05, 0.1) is 19.2 Å². The number of hydrogen-bond donors (Lipinski definition) is 0. The van der Waals surface area contributed by atoms with Crippen LogP contribution in [0, 0.1) is 5.82 Å². The first-order chi connectivity index (χ1) is 10.7. The summed E-state index contributed by atoms with van der Waals surface area (Å²) in [5.74, 6) is -1.55. The zero-order valence-corrected chi connectivity index (χ0v) is 11.9. The largest absolute Gasteiger partial charge is 0.465 e. The molecule has 0 fully saturated rings. The summed E-state index contributed by atoms with van der Waals surface area (Å²) in [7, 11) is 1.09. The van der Waals surface area contributed by atoms with Crippen LogP contribution in [-0.2, 0) is 17.5 Å². The molecule has 0 aliphatic rings. The predicted octanol–water partition coefficient (Wildman–Crippen LogP) is 2.84. The number of rotatable bonds is 3. The molecule has 0 aliphatic carbocycles. The molecule has 4 nitrogen and oxygen atoms in total. The average Bonchev–Trinajstić information content (AvgIpc) is 2.49. The van der Waals surface area contributed by atoms with E-state index in [1.165, 1.54) is 6.07 Å². The van der Waals surface area contributed by atoms with Crippen molar-refractivity contribution in [1.82, 2.24) is 4.57 Å². The van der Waals surface area contributed by atoms with Gasteiger partial charge in [-0.3, -0.25) is 4.79 Å². The van der Waals surface area contributed by atoms with Crippen molar-refractivity contribution in [2.24, 2.45) is 0 Å². The first-order valence-corrected chi connectivity index (χ1v) is 6.37. The van der Waals surface area contributed by atoms with Gasteiger partial charge < -0.3 is 9.30 Å². The van der Waals surface area contributed by atoms with E-state index < -0.39 is 29.1 Å². The number of pyridine rings is 1. The number of alkyl halides is 3. The van der Waals surface area contributed by atoms with Crippen molar-refractivity contribution in [3.63, 3.8) is 0 Å². The van der Waals surface area contributed by atoms with Crippen LogP contribution in [0.15, 0.2) is 41.3 Å². The standard InChI is InChI=1S/C15H11F4NO3/c1-23-14(22)11-7-10(16)5-4-9(11)8-20-6-2-3-12(13(20)21)15(17,18)19/h2-7H,8H2,1H3. The molecule has 1 aromatic heterocycles. The molecule has 1 heterocycles. The fourth-order valence-corrected chi connectivity index (χ4v) is 2.05. The summed E-state index contributed by atoms with van der Waals surface area (Å²) in [4.78, 5) is 23.5. The zero-order chi connectivity index (χ0) is 17.2. The number of benzene rings is 1. The lowest BCUT2D eigenvalue weighted by Gasteiger charge is -2.12. The lowest BCUT2D eigenvalue weighted by molar-refractivity contribution is -0.138. The first kappa shape index (κ1) is 16.7. The molecule has 0 saturated carbocycles. The van der Waals surface area contributed by atoms with Gasteiger partial charge in [0.25, 0.3) is 5.56 Å². The molecular weight excluding hydrogens is 318 g/mol. The van der Waals surface area contributed by atoms with Crippen LogP contribution in [0.4, 0.5) is 17.6 Å². The second kappa shape index (κ2) is 6.23. The van der Waals surface area contributed by atoms with Gasteiger partial charge in [0.15, 0.2) is 0 Å². The van der Waals surface area contributed by atoms with E-state index in [9.17, 15) is 27.2 Å². The highest BCUT2D eigenvalue weighted by Gasteiger charge is 2.34. The SMILES string of the molecule is COC(=O)c1cc(F)ccc1Cn1cccc(C(F)(F)F)c1=O. The second-order valence-electron chi connectivity index (χ2n) is 4.65. The maximum Gasteiger partial charge on any atom is 0.421 e. The summed E-state index contributed by atoms with van der Waals surface area (Å²) in [6.07, 6.45) is -3.63. The maximum absolute atomic E-state index is 13.3. The fraction of sp³-hybridized carbons (Fsp3) is 0.200. The van der Waals surface area contributed by atoms with Crippen LogP contribution >= 0.6 is 0 Å². The Morgan fingerprint density at radius 2 is 1.96 bits per heavy atom. The summed E-state index contributed by atoms with van der Waals surface area (Å²) in [6.45, 7) is -0.326. The molecule has 0 unspecified atom stereocenters. The number of methoxy groups -OCH3 is 1. The Morgan fingerprint density at radius 3 is 2.57 bits per heavy atom. The molecular formula is C15H11F4NO3. The van der Waals surface area contributed by atoms with Crippen LogP contribution in [0.2, 0.25) is 0 Å². The van der Waals surface area contributed by atoms with Gasteiger partial charge in [-0.05, 0) is 29.8 Å². The van der Waals surface area contributed by atoms with Crippen LogP contribution < -0.4 is 5.56 Å². The summed E-state index contributed by atoms with van der Waals surface area (Å²) in [5.41, 5.74) is -2.56. The number of ether oxygens (including phenoxy) is 1. The number of carbonyl (C=O) groups excluding carboxylic acids is 1. The van der Waals surface area contributed by atoms with Gasteiger partial charge in [0.2, 0.25) is 0 Å². The molecule has 23 heavy (non-hydrogen) atoms. The summed E-state index contributed by atoms with van der Waals surface area (Å²) in [5, 5.41) is 0. The minimum Gasteiger partial charge on any atom is -0.465 e. The van der Waals surface area contributed by atoms with Gasteiger partial charge in [0.1, 0.15) is 11.4 Å². The van der Waals surface area contributed by atoms with Crippen LogP contribution in [0.25, 0.3) is 0 Å². The first-order valence-electron chi connectivity index (χ1n) is 6.37. The molecule has 0 aliphatic heterocycles. The van der Waals surface area contributed by atoms with Gasteiger partial charge in [-0.15, -0.1) is 0 Å². The van der Waals surface area contributed by atoms with Crippen molar-refractivity contribution in [2.75, 3.05) is 7.11 Å². The Morgan fingerprint density at radius 1 is 1.26 bits per heavy atom. The third-order valence-electron chi connectivity index (χ3n) is 3.14. The second-order valence-corrected chi connectivity index (χ2v) is 4.65. The molecule has 0 spiro atoms. The molecule has 122 valence electrons. The Bertz CT molecular complexity index is 796.